The van der Waals surface area contributed by atoms with E-state index in [1.54, 1.807) is 0 Å². The molecule has 0 radical (unpaired) electrons. The second kappa shape index (κ2) is 7.10. The molecule has 0 aliphatic heterocycles. The SMILES string of the molecule is CCCC(OOC(C)(C)C)C(CC)(CC)C(=O)O. The van der Waals surface area contributed by atoms with Crippen LogP contribution in [0.25, 0.3) is 0 Å². The fraction of sp³-hybridized carbons (Fsp3) is 0.929. The predicted molar refractivity (Wildman–Crippen MR) is 71.3 cm³/mol. The number of rotatable bonds is 8. The van der Waals surface area contributed by atoms with Gasteiger partial charge in [-0.15, -0.1) is 0 Å². The van der Waals surface area contributed by atoms with Crippen LogP contribution in [0.4, 0.5) is 0 Å². The zero-order valence-corrected chi connectivity index (χ0v) is 12.6. The monoisotopic (exact) mass is 260 g/mol. The van der Waals surface area contributed by atoms with Gasteiger partial charge in [-0.3, -0.25) is 4.79 Å². The average molecular weight is 260 g/mol. The number of hydrogen-bond acceptors (Lipinski definition) is 3. The van der Waals surface area contributed by atoms with Crippen LogP contribution < -0.4 is 0 Å². The first-order chi connectivity index (χ1) is 8.23. The van der Waals surface area contributed by atoms with Gasteiger partial charge in [-0.25, -0.2) is 9.78 Å². The molecule has 1 atom stereocenters. The van der Waals surface area contributed by atoms with Crippen LogP contribution in [0.5, 0.6) is 0 Å². The van der Waals surface area contributed by atoms with Crippen molar-refractivity contribution in [1.82, 2.24) is 0 Å². The zero-order valence-electron chi connectivity index (χ0n) is 12.6. The molecule has 0 aromatic rings. The Kier molecular flexibility index (Phi) is 6.86. The summed E-state index contributed by atoms with van der Waals surface area (Å²) < 4.78 is 0. The maximum Gasteiger partial charge on any atom is 0.312 e. The van der Waals surface area contributed by atoms with Crippen molar-refractivity contribution in [2.24, 2.45) is 5.41 Å². The molecule has 0 heterocycles. The fourth-order valence-corrected chi connectivity index (χ4v) is 2.03. The van der Waals surface area contributed by atoms with Crippen molar-refractivity contribution in [3.05, 3.63) is 0 Å². The number of hydrogen-bond donors (Lipinski definition) is 1. The van der Waals surface area contributed by atoms with E-state index in [0.717, 1.165) is 6.42 Å². The molecule has 0 aliphatic carbocycles. The van der Waals surface area contributed by atoms with E-state index in [1.807, 2.05) is 41.5 Å². The summed E-state index contributed by atoms with van der Waals surface area (Å²) in [6, 6.07) is 0. The first-order valence-corrected chi connectivity index (χ1v) is 6.81. The van der Waals surface area contributed by atoms with E-state index < -0.39 is 23.1 Å². The van der Waals surface area contributed by atoms with Gasteiger partial charge in [0, 0.05) is 0 Å². The predicted octanol–water partition coefficient (Wildman–Crippen LogP) is 3.79. The van der Waals surface area contributed by atoms with E-state index in [9.17, 15) is 9.90 Å². The second-order valence-corrected chi connectivity index (χ2v) is 5.74. The Morgan fingerprint density at radius 2 is 1.67 bits per heavy atom. The highest BCUT2D eigenvalue weighted by Crippen LogP contribution is 2.36. The lowest BCUT2D eigenvalue weighted by Gasteiger charge is -2.35. The van der Waals surface area contributed by atoms with E-state index in [0.29, 0.717) is 19.3 Å². The maximum absolute atomic E-state index is 11.6. The molecule has 0 aromatic heterocycles. The molecule has 1 N–H and O–H groups in total. The molecule has 0 saturated heterocycles. The zero-order chi connectivity index (χ0) is 14.4. The summed E-state index contributed by atoms with van der Waals surface area (Å²) in [6.07, 6.45) is 2.22. The molecular formula is C14H28O4. The first-order valence-electron chi connectivity index (χ1n) is 6.81. The normalized spacial score (nSPS) is 14.6. The molecule has 0 aromatic carbocycles. The van der Waals surface area contributed by atoms with Crippen LogP contribution in [-0.2, 0) is 14.6 Å². The van der Waals surface area contributed by atoms with E-state index >= 15 is 0 Å². The van der Waals surface area contributed by atoms with Crippen molar-refractivity contribution >= 4 is 5.97 Å². The summed E-state index contributed by atoms with van der Waals surface area (Å²) in [5.74, 6) is -0.802. The van der Waals surface area contributed by atoms with Crippen molar-refractivity contribution in [1.29, 1.82) is 0 Å². The van der Waals surface area contributed by atoms with Gasteiger partial charge in [0.2, 0.25) is 0 Å². The second-order valence-electron chi connectivity index (χ2n) is 5.74. The van der Waals surface area contributed by atoms with Gasteiger partial charge in [0.15, 0.2) is 0 Å². The summed E-state index contributed by atoms with van der Waals surface area (Å²) in [4.78, 5) is 22.4. The van der Waals surface area contributed by atoms with Gasteiger partial charge in [-0.2, -0.15) is 0 Å². The summed E-state index contributed by atoms with van der Waals surface area (Å²) in [7, 11) is 0. The van der Waals surface area contributed by atoms with Crippen LogP contribution in [0.3, 0.4) is 0 Å². The first kappa shape index (κ1) is 17.4. The molecule has 1 unspecified atom stereocenters. The van der Waals surface area contributed by atoms with Crippen molar-refractivity contribution in [2.75, 3.05) is 0 Å². The fourth-order valence-electron chi connectivity index (χ4n) is 2.03. The molecule has 0 bridgehead atoms. The minimum Gasteiger partial charge on any atom is -0.481 e. The molecule has 0 amide bonds. The quantitative estimate of drug-likeness (QED) is 0.533. The van der Waals surface area contributed by atoms with Crippen LogP contribution in [0, 0.1) is 5.41 Å². The van der Waals surface area contributed by atoms with Gasteiger partial charge in [0.1, 0.15) is 6.10 Å². The molecule has 0 saturated carbocycles. The van der Waals surface area contributed by atoms with Crippen LogP contribution in [0.2, 0.25) is 0 Å². The van der Waals surface area contributed by atoms with Crippen LogP contribution >= 0.6 is 0 Å². The highest BCUT2D eigenvalue weighted by atomic mass is 17.2. The summed E-state index contributed by atoms with van der Waals surface area (Å²) in [6.45, 7) is 11.5. The molecule has 0 rings (SSSR count). The molecule has 0 fully saturated rings. The number of carbonyl (C=O) groups is 1. The maximum atomic E-state index is 11.6. The van der Waals surface area contributed by atoms with E-state index in [2.05, 4.69) is 0 Å². The van der Waals surface area contributed by atoms with Gasteiger partial charge in [0.25, 0.3) is 0 Å². The summed E-state index contributed by atoms with van der Waals surface area (Å²) in [5, 5.41) is 9.51. The van der Waals surface area contributed by atoms with Crippen LogP contribution in [0.15, 0.2) is 0 Å². The molecular weight excluding hydrogens is 232 g/mol. The third kappa shape index (κ3) is 4.58. The Balaban J connectivity index is 4.98. The minimum atomic E-state index is -0.860. The Morgan fingerprint density at radius 1 is 1.17 bits per heavy atom. The summed E-state index contributed by atoms with van der Waals surface area (Å²) in [5.41, 5.74) is -1.29. The molecule has 0 aliphatic rings. The van der Waals surface area contributed by atoms with Crippen LogP contribution in [-0.4, -0.2) is 22.8 Å². The summed E-state index contributed by atoms with van der Waals surface area (Å²) >= 11 is 0. The Bertz CT molecular complexity index is 251. The molecule has 0 spiro atoms. The Hall–Kier alpha value is -0.610. The average Bonchev–Trinajstić information content (AvgIpc) is 2.26. The molecule has 4 heteroatoms. The molecule has 18 heavy (non-hydrogen) atoms. The molecule has 4 nitrogen and oxygen atoms in total. The van der Waals surface area contributed by atoms with Gasteiger partial charge in [0.05, 0.1) is 11.0 Å². The lowest BCUT2D eigenvalue weighted by atomic mass is 9.75. The smallest absolute Gasteiger partial charge is 0.312 e. The van der Waals surface area contributed by atoms with Crippen molar-refractivity contribution in [3.8, 4) is 0 Å². The number of carboxylic acid groups (broad SMARTS) is 1. The Labute approximate surface area is 111 Å². The van der Waals surface area contributed by atoms with Gasteiger partial charge in [-0.05, 0) is 40.0 Å². The van der Waals surface area contributed by atoms with Crippen molar-refractivity contribution in [3.63, 3.8) is 0 Å². The lowest BCUT2D eigenvalue weighted by Crippen LogP contribution is -2.44. The van der Waals surface area contributed by atoms with E-state index in [1.165, 1.54) is 0 Å². The minimum absolute atomic E-state index is 0.408. The van der Waals surface area contributed by atoms with Gasteiger partial charge in [-0.1, -0.05) is 27.2 Å². The van der Waals surface area contributed by atoms with Crippen LogP contribution in [0.1, 0.15) is 67.2 Å². The van der Waals surface area contributed by atoms with Gasteiger partial charge >= 0.3 is 5.97 Å². The van der Waals surface area contributed by atoms with E-state index in [4.69, 9.17) is 9.78 Å². The Morgan fingerprint density at radius 3 is 1.94 bits per heavy atom. The van der Waals surface area contributed by atoms with Crippen molar-refractivity contribution in [2.45, 2.75) is 78.9 Å². The largest absolute Gasteiger partial charge is 0.481 e. The number of aliphatic carboxylic acids is 1. The topological polar surface area (TPSA) is 55.8 Å². The third-order valence-corrected chi connectivity index (χ3v) is 3.27. The highest BCUT2D eigenvalue weighted by Gasteiger charge is 2.44. The standard InChI is InChI=1S/C14H28O4/c1-7-10-11(17-18-13(4,5)6)14(8-2,9-3)12(15)16/h11H,7-10H2,1-6H3,(H,15,16). The van der Waals surface area contributed by atoms with E-state index in [-0.39, 0.29) is 0 Å². The third-order valence-electron chi connectivity index (χ3n) is 3.27. The molecule has 108 valence electrons. The van der Waals surface area contributed by atoms with Crippen molar-refractivity contribution < 1.29 is 19.7 Å². The lowest BCUT2D eigenvalue weighted by molar-refractivity contribution is -0.388. The highest BCUT2D eigenvalue weighted by molar-refractivity contribution is 5.75. The number of carboxylic acids is 1. The van der Waals surface area contributed by atoms with Gasteiger partial charge < -0.3 is 5.11 Å².